The lowest BCUT2D eigenvalue weighted by Crippen LogP contribution is -2.34. The molecule has 5 nitrogen and oxygen atoms in total. The number of rotatable bonds is 5. The van der Waals surface area contributed by atoms with Crippen LogP contribution >= 0.6 is 11.6 Å². The van der Waals surface area contributed by atoms with Crippen LogP contribution in [0, 0.1) is 12.3 Å². The Hall–Kier alpha value is -1.11. The maximum Gasteiger partial charge on any atom is 0.310 e. The van der Waals surface area contributed by atoms with Gasteiger partial charge in [-0.05, 0) is 37.5 Å². The van der Waals surface area contributed by atoms with Crippen LogP contribution in [0.5, 0.6) is 0 Å². The van der Waals surface area contributed by atoms with Crippen LogP contribution < -0.4 is 4.72 Å². The van der Waals surface area contributed by atoms with Crippen molar-refractivity contribution in [3.8, 4) is 0 Å². The molecule has 0 saturated heterocycles. The third-order valence-electron chi connectivity index (χ3n) is 3.42. The van der Waals surface area contributed by atoms with Gasteiger partial charge in [-0.3, -0.25) is 4.79 Å². The van der Waals surface area contributed by atoms with Gasteiger partial charge in [-0.1, -0.05) is 17.7 Å². The fraction of sp³-hybridized carbons (Fsp3) is 0.417. The number of hydrogen-bond acceptors (Lipinski definition) is 3. The van der Waals surface area contributed by atoms with Gasteiger partial charge >= 0.3 is 5.97 Å². The molecule has 0 aromatic heterocycles. The first kappa shape index (κ1) is 14.3. The largest absolute Gasteiger partial charge is 0.481 e. The lowest BCUT2D eigenvalue weighted by atomic mass is 10.1. The highest BCUT2D eigenvalue weighted by atomic mass is 35.5. The monoisotopic (exact) mass is 303 g/mol. The topological polar surface area (TPSA) is 83.5 Å². The van der Waals surface area contributed by atoms with Crippen LogP contribution in [0.2, 0.25) is 5.02 Å². The average Bonchev–Trinajstić information content (AvgIpc) is 3.11. The van der Waals surface area contributed by atoms with E-state index in [0.717, 1.165) is 0 Å². The molecule has 2 rings (SSSR count). The summed E-state index contributed by atoms with van der Waals surface area (Å²) in [4.78, 5) is 11.1. The second kappa shape index (κ2) is 4.77. The van der Waals surface area contributed by atoms with Crippen LogP contribution in [-0.4, -0.2) is 26.0 Å². The van der Waals surface area contributed by atoms with E-state index in [1.165, 1.54) is 6.07 Å². The van der Waals surface area contributed by atoms with Crippen LogP contribution in [0.1, 0.15) is 18.4 Å². The van der Waals surface area contributed by atoms with Crippen molar-refractivity contribution in [2.24, 2.45) is 5.41 Å². The SMILES string of the molecule is Cc1c(Cl)cccc1S(=O)(=O)NCC1(C(=O)O)CC1. The van der Waals surface area contributed by atoms with E-state index < -0.39 is 21.4 Å². The number of hydrogen-bond donors (Lipinski definition) is 2. The van der Waals surface area contributed by atoms with Crippen molar-refractivity contribution in [3.63, 3.8) is 0 Å². The van der Waals surface area contributed by atoms with Crippen LogP contribution in [0.4, 0.5) is 0 Å². The Morgan fingerprint density at radius 3 is 2.63 bits per heavy atom. The van der Waals surface area contributed by atoms with E-state index in [-0.39, 0.29) is 11.4 Å². The second-order valence-corrected chi connectivity index (χ2v) is 6.92. The molecular formula is C12H14ClNO4S. The number of sulfonamides is 1. The smallest absolute Gasteiger partial charge is 0.310 e. The van der Waals surface area contributed by atoms with Crippen LogP contribution in [-0.2, 0) is 14.8 Å². The van der Waals surface area contributed by atoms with Crippen molar-refractivity contribution in [2.75, 3.05) is 6.54 Å². The predicted octanol–water partition coefficient (Wildman–Crippen LogP) is 1.79. The fourth-order valence-corrected chi connectivity index (χ4v) is 3.43. The minimum absolute atomic E-state index is 0.0844. The number of carbonyl (C=O) groups is 1. The fourth-order valence-electron chi connectivity index (χ4n) is 1.81. The van der Waals surface area contributed by atoms with Crippen molar-refractivity contribution in [1.82, 2.24) is 4.72 Å². The molecule has 0 radical (unpaired) electrons. The quantitative estimate of drug-likeness (QED) is 0.868. The predicted molar refractivity (Wildman–Crippen MR) is 70.7 cm³/mol. The number of aliphatic carboxylic acids is 1. The molecule has 2 N–H and O–H groups in total. The van der Waals surface area contributed by atoms with E-state index in [1.807, 2.05) is 0 Å². The zero-order chi connectivity index (χ0) is 14.3. The van der Waals surface area contributed by atoms with Gasteiger partial charge < -0.3 is 5.11 Å². The Morgan fingerprint density at radius 2 is 2.11 bits per heavy atom. The van der Waals surface area contributed by atoms with E-state index in [2.05, 4.69) is 4.72 Å². The summed E-state index contributed by atoms with van der Waals surface area (Å²) in [5, 5.41) is 9.38. The molecule has 1 fully saturated rings. The first-order chi connectivity index (χ1) is 8.78. The molecular weight excluding hydrogens is 290 g/mol. The molecule has 0 unspecified atom stereocenters. The summed E-state index contributed by atoms with van der Waals surface area (Å²) in [5.41, 5.74) is -0.476. The first-order valence-corrected chi connectivity index (χ1v) is 7.63. The number of halogens is 1. The molecule has 1 aromatic rings. The molecule has 0 atom stereocenters. The van der Waals surface area contributed by atoms with Crippen molar-refractivity contribution in [3.05, 3.63) is 28.8 Å². The molecule has 1 saturated carbocycles. The molecule has 0 amide bonds. The molecule has 0 aliphatic heterocycles. The average molecular weight is 304 g/mol. The van der Waals surface area contributed by atoms with Gasteiger partial charge in [0, 0.05) is 11.6 Å². The molecule has 0 spiro atoms. The lowest BCUT2D eigenvalue weighted by molar-refractivity contribution is -0.143. The molecule has 0 bridgehead atoms. The van der Waals surface area contributed by atoms with E-state index in [1.54, 1.807) is 19.1 Å². The standard InChI is InChI=1S/C12H14ClNO4S/c1-8-9(13)3-2-4-10(8)19(17,18)14-7-12(5-6-12)11(15)16/h2-4,14H,5-7H2,1H3,(H,15,16). The van der Waals surface area contributed by atoms with E-state index in [9.17, 15) is 13.2 Å². The van der Waals surface area contributed by atoms with Crippen LogP contribution in [0.15, 0.2) is 23.1 Å². The third-order valence-corrected chi connectivity index (χ3v) is 5.37. The molecule has 19 heavy (non-hydrogen) atoms. The molecule has 1 aromatic carbocycles. The number of benzene rings is 1. The zero-order valence-corrected chi connectivity index (χ0v) is 11.9. The number of carboxylic acid groups (broad SMARTS) is 1. The number of nitrogens with one attached hydrogen (secondary N) is 1. The highest BCUT2D eigenvalue weighted by Gasteiger charge is 2.50. The van der Waals surface area contributed by atoms with Gasteiger partial charge in [-0.15, -0.1) is 0 Å². The Morgan fingerprint density at radius 1 is 1.47 bits per heavy atom. The van der Waals surface area contributed by atoms with Crippen molar-refractivity contribution in [2.45, 2.75) is 24.7 Å². The highest BCUT2D eigenvalue weighted by molar-refractivity contribution is 7.89. The van der Waals surface area contributed by atoms with Gasteiger partial charge in [0.15, 0.2) is 0 Å². The molecule has 1 aliphatic carbocycles. The Labute approximate surface area is 116 Å². The summed E-state index contributed by atoms with van der Waals surface area (Å²) in [6, 6.07) is 4.60. The van der Waals surface area contributed by atoms with E-state index in [4.69, 9.17) is 16.7 Å². The Balaban J connectivity index is 2.20. The zero-order valence-electron chi connectivity index (χ0n) is 10.3. The lowest BCUT2D eigenvalue weighted by Gasteiger charge is -2.13. The van der Waals surface area contributed by atoms with Gasteiger partial charge in [0.25, 0.3) is 0 Å². The van der Waals surface area contributed by atoms with Gasteiger partial charge in [0.05, 0.1) is 10.3 Å². The molecule has 0 heterocycles. The van der Waals surface area contributed by atoms with Gasteiger partial charge in [0.1, 0.15) is 0 Å². The molecule has 104 valence electrons. The first-order valence-electron chi connectivity index (χ1n) is 5.77. The second-order valence-electron chi connectivity index (χ2n) is 4.77. The maximum atomic E-state index is 12.1. The number of carboxylic acids is 1. The van der Waals surface area contributed by atoms with Gasteiger partial charge in [-0.25, -0.2) is 13.1 Å². The summed E-state index contributed by atoms with van der Waals surface area (Å²) in [6.07, 6.45) is 0.999. The van der Waals surface area contributed by atoms with E-state index >= 15 is 0 Å². The van der Waals surface area contributed by atoms with Crippen molar-refractivity contribution >= 4 is 27.6 Å². The van der Waals surface area contributed by atoms with Crippen molar-refractivity contribution < 1.29 is 18.3 Å². The Bertz CT molecular complexity index is 623. The summed E-state index contributed by atoms with van der Waals surface area (Å²) in [5.74, 6) is -0.960. The summed E-state index contributed by atoms with van der Waals surface area (Å²) < 4.78 is 26.6. The highest BCUT2D eigenvalue weighted by Crippen LogP contribution is 2.45. The summed E-state index contributed by atoms with van der Waals surface area (Å²) in [6.45, 7) is 1.53. The maximum absolute atomic E-state index is 12.1. The van der Waals surface area contributed by atoms with E-state index in [0.29, 0.717) is 23.4 Å². The summed E-state index contributed by atoms with van der Waals surface area (Å²) in [7, 11) is -3.74. The van der Waals surface area contributed by atoms with Gasteiger partial charge in [0.2, 0.25) is 10.0 Å². The molecule has 1 aliphatic rings. The molecule has 7 heteroatoms. The third kappa shape index (κ3) is 2.75. The normalized spacial score (nSPS) is 17.2. The van der Waals surface area contributed by atoms with Crippen LogP contribution in [0.3, 0.4) is 0 Å². The Kier molecular flexibility index (Phi) is 3.59. The summed E-state index contributed by atoms with van der Waals surface area (Å²) >= 11 is 5.89. The minimum atomic E-state index is -3.74. The van der Waals surface area contributed by atoms with Gasteiger partial charge in [-0.2, -0.15) is 0 Å². The van der Waals surface area contributed by atoms with Crippen LogP contribution in [0.25, 0.3) is 0 Å². The van der Waals surface area contributed by atoms with Crippen molar-refractivity contribution in [1.29, 1.82) is 0 Å². The minimum Gasteiger partial charge on any atom is -0.481 e.